The van der Waals surface area contributed by atoms with Gasteiger partial charge in [0.1, 0.15) is 11.3 Å². The van der Waals surface area contributed by atoms with E-state index in [1.165, 1.54) is 5.56 Å². The van der Waals surface area contributed by atoms with Gasteiger partial charge in [0.2, 0.25) is 0 Å². The third kappa shape index (κ3) is 6.45. The number of halogens is 2. The van der Waals surface area contributed by atoms with Gasteiger partial charge >= 0.3 is 0 Å². The number of nitrogens with two attached hydrogens (primary N) is 1. The van der Waals surface area contributed by atoms with E-state index >= 15 is 0 Å². The van der Waals surface area contributed by atoms with Crippen LogP contribution in [0.15, 0.2) is 58.7 Å². The molecule has 0 spiro atoms. The van der Waals surface area contributed by atoms with Crippen molar-refractivity contribution in [1.29, 1.82) is 0 Å². The van der Waals surface area contributed by atoms with Crippen molar-refractivity contribution < 1.29 is 4.42 Å². The van der Waals surface area contributed by atoms with Crippen molar-refractivity contribution >= 4 is 36.2 Å². The molecule has 0 radical (unpaired) electrons. The quantitative estimate of drug-likeness (QED) is 0.614. The van der Waals surface area contributed by atoms with Gasteiger partial charge in [-0.3, -0.25) is 4.90 Å². The standard InChI is InChI=1S/C18H21N3OS.2ClH/c19-8-10-21(9-6-15-4-2-1-3-5-15)12-17-14-23-18(20-17)16-7-11-22-13-16;;/h1-5,7,11,13-14H,6,8-10,12,19H2;2*1H. The second-order valence-corrected chi connectivity index (χ2v) is 6.31. The van der Waals surface area contributed by atoms with Gasteiger partial charge in [-0.1, -0.05) is 30.3 Å². The molecule has 0 bridgehead atoms. The molecule has 2 heterocycles. The molecule has 3 rings (SSSR count). The molecule has 0 fully saturated rings. The first-order valence-electron chi connectivity index (χ1n) is 7.78. The van der Waals surface area contributed by atoms with Crippen LogP contribution >= 0.6 is 36.2 Å². The van der Waals surface area contributed by atoms with Crippen LogP contribution in [0.3, 0.4) is 0 Å². The third-order valence-corrected chi connectivity index (χ3v) is 4.65. The molecular weight excluding hydrogens is 377 g/mol. The molecule has 0 unspecified atom stereocenters. The maximum absolute atomic E-state index is 5.76. The van der Waals surface area contributed by atoms with Gasteiger partial charge in [-0.05, 0) is 18.1 Å². The first-order chi connectivity index (χ1) is 11.3. The summed E-state index contributed by atoms with van der Waals surface area (Å²) >= 11 is 1.65. The molecule has 0 saturated carbocycles. The lowest BCUT2D eigenvalue weighted by molar-refractivity contribution is 0.274. The summed E-state index contributed by atoms with van der Waals surface area (Å²) in [5.41, 5.74) is 9.24. The van der Waals surface area contributed by atoms with E-state index in [1.54, 1.807) is 23.9 Å². The summed E-state index contributed by atoms with van der Waals surface area (Å²) in [6, 6.07) is 12.5. The summed E-state index contributed by atoms with van der Waals surface area (Å²) in [5, 5.41) is 3.12. The van der Waals surface area contributed by atoms with Crippen LogP contribution in [0.2, 0.25) is 0 Å². The van der Waals surface area contributed by atoms with Crippen molar-refractivity contribution in [2.45, 2.75) is 13.0 Å². The number of hydrogen-bond donors (Lipinski definition) is 1. The van der Waals surface area contributed by atoms with Crippen molar-refractivity contribution in [2.24, 2.45) is 5.73 Å². The lowest BCUT2D eigenvalue weighted by atomic mass is 10.1. The van der Waals surface area contributed by atoms with E-state index in [-0.39, 0.29) is 24.8 Å². The molecule has 0 amide bonds. The Hall–Kier alpha value is -1.37. The highest BCUT2D eigenvalue weighted by atomic mass is 35.5. The van der Waals surface area contributed by atoms with Crippen molar-refractivity contribution in [3.05, 3.63) is 65.6 Å². The number of aromatic nitrogens is 1. The van der Waals surface area contributed by atoms with Crippen LogP contribution in [0.1, 0.15) is 11.3 Å². The first-order valence-corrected chi connectivity index (χ1v) is 8.66. The highest BCUT2D eigenvalue weighted by Gasteiger charge is 2.10. The van der Waals surface area contributed by atoms with Gasteiger partial charge < -0.3 is 10.2 Å². The molecule has 1 aromatic carbocycles. The van der Waals surface area contributed by atoms with E-state index in [9.17, 15) is 0 Å². The van der Waals surface area contributed by atoms with Gasteiger partial charge in [0, 0.05) is 37.1 Å². The summed E-state index contributed by atoms with van der Waals surface area (Å²) < 4.78 is 5.13. The second-order valence-electron chi connectivity index (χ2n) is 5.46. The fourth-order valence-corrected chi connectivity index (χ4v) is 3.31. The Bertz CT molecular complexity index is 704. The molecule has 4 nitrogen and oxygen atoms in total. The average molecular weight is 400 g/mol. The summed E-state index contributed by atoms with van der Waals surface area (Å²) in [5.74, 6) is 0. The molecule has 136 valence electrons. The number of benzene rings is 1. The third-order valence-electron chi connectivity index (χ3n) is 3.71. The number of furan rings is 1. The van der Waals surface area contributed by atoms with Crippen LogP contribution in [-0.4, -0.2) is 29.5 Å². The van der Waals surface area contributed by atoms with E-state index < -0.39 is 0 Å². The average Bonchev–Trinajstić information content (AvgIpc) is 3.25. The Labute approximate surface area is 164 Å². The SMILES string of the molecule is Cl.Cl.NCCN(CCc1ccccc1)Cc1csc(-c2ccoc2)n1. The van der Waals surface area contributed by atoms with Gasteiger partial charge in [0.15, 0.2) is 0 Å². The molecule has 7 heteroatoms. The number of nitrogens with zero attached hydrogens (tertiary/aromatic N) is 2. The van der Waals surface area contributed by atoms with E-state index in [4.69, 9.17) is 15.1 Å². The molecule has 25 heavy (non-hydrogen) atoms. The second kappa shape index (κ2) is 11.3. The van der Waals surface area contributed by atoms with Crippen LogP contribution in [0, 0.1) is 0 Å². The fourth-order valence-electron chi connectivity index (χ4n) is 2.51. The molecule has 2 aromatic heterocycles. The van der Waals surface area contributed by atoms with E-state index in [0.717, 1.165) is 42.3 Å². The van der Waals surface area contributed by atoms with E-state index in [0.29, 0.717) is 6.54 Å². The lowest BCUT2D eigenvalue weighted by Gasteiger charge is -2.20. The predicted molar refractivity (Wildman–Crippen MR) is 109 cm³/mol. The zero-order chi connectivity index (χ0) is 15.9. The summed E-state index contributed by atoms with van der Waals surface area (Å²) in [4.78, 5) is 7.07. The van der Waals surface area contributed by atoms with Crippen LogP contribution in [0.25, 0.3) is 10.6 Å². The van der Waals surface area contributed by atoms with Crippen molar-refractivity contribution in [1.82, 2.24) is 9.88 Å². The molecule has 2 N–H and O–H groups in total. The molecule has 0 aliphatic heterocycles. The summed E-state index contributed by atoms with van der Waals surface area (Å²) in [6.45, 7) is 3.36. The Morgan fingerprint density at radius 3 is 2.56 bits per heavy atom. The smallest absolute Gasteiger partial charge is 0.126 e. The Balaban J connectivity index is 0.00000156. The molecular formula is C18H23Cl2N3OS. The van der Waals surface area contributed by atoms with E-state index in [1.807, 2.05) is 12.1 Å². The zero-order valence-electron chi connectivity index (χ0n) is 13.8. The van der Waals surface area contributed by atoms with Crippen molar-refractivity contribution in [2.75, 3.05) is 19.6 Å². The van der Waals surface area contributed by atoms with E-state index in [2.05, 4.69) is 34.5 Å². The summed E-state index contributed by atoms with van der Waals surface area (Å²) in [7, 11) is 0. The largest absolute Gasteiger partial charge is 0.472 e. The fraction of sp³-hybridized carbons (Fsp3) is 0.278. The topological polar surface area (TPSA) is 55.3 Å². The number of rotatable bonds is 8. The number of thiazole rings is 1. The zero-order valence-corrected chi connectivity index (χ0v) is 16.3. The van der Waals surface area contributed by atoms with Gasteiger partial charge in [-0.2, -0.15) is 0 Å². The minimum Gasteiger partial charge on any atom is -0.472 e. The van der Waals surface area contributed by atoms with Gasteiger partial charge in [-0.25, -0.2) is 4.98 Å². The minimum absolute atomic E-state index is 0. The molecule has 0 aliphatic carbocycles. The van der Waals surface area contributed by atoms with Crippen LogP contribution in [-0.2, 0) is 13.0 Å². The Morgan fingerprint density at radius 2 is 1.88 bits per heavy atom. The maximum atomic E-state index is 5.76. The van der Waals surface area contributed by atoms with Crippen LogP contribution < -0.4 is 5.73 Å². The first kappa shape index (κ1) is 21.7. The normalized spacial score (nSPS) is 10.3. The highest BCUT2D eigenvalue weighted by molar-refractivity contribution is 7.13. The van der Waals surface area contributed by atoms with Gasteiger partial charge in [0.25, 0.3) is 0 Å². The molecule has 0 aliphatic rings. The van der Waals surface area contributed by atoms with Crippen LogP contribution in [0.5, 0.6) is 0 Å². The molecule has 3 aromatic rings. The highest BCUT2D eigenvalue weighted by Crippen LogP contribution is 2.24. The monoisotopic (exact) mass is 399 g/mol. The van der Waals surface area contributed by atoms with Crippen molar-refractivity contribution in [3.8, 4) is 10.6 Å². The molecule has 0 atom stereocenters. The minimum atomic E-state index is 0. The maximum Gasteiger partial charge on any atom is 0.126 e. The van der Waals surface area contributed by atoms with Gasteiger partial charge in [-0.15, -0.1) is 36.2 Å². The number of hydrogen-bond acceptors (Lipinski definition) is 5. The van der Waals surface area contributed by atoms with Crippen molar-refractivity contribution in [3.63, 3.8) is 0 Å². The lowest BCUT2D eigenvalue weighted by Crippen LogP contribution is -2.31. The van der Waals surface area contributed by atoms with Gasteiger partial charge in [0.05, 0.1) is 12.0 Å². The Kier molecular flexibility index (Phi) is 9.78. The summed E-state index contributed by atoms with van der Waals surface area (Å²) in [6.07, 6.45) is 4.44. The predicted octanol–water partition coefficient (Wildman–Crippen LogP) is 4.25. The Morgan fingerprint density at radius 1 is 1.08 bits per heavy atom. The molecule has 0 saturated heterocycles. The van der Waals surface area contributed by atoms with Crippen LogP contribution in [0.4, 0.5) is 0 Å².